The average molecular weight is 401 g/mol. The molecule has 5 nitrogen and oxygen atoms in total. The van der Waals surface area contributed by atoms with E-state index in [4.69, 9.17) is 9.47 Å². The topological polar surface area (TPSA) is 52.8 Å². The molecule has 0 fully saturated rings. The van der Waals surface area contributed by atoms with Gasteiger partial charge in [0.1, 0.15) is 0 Å². The molecule has 4 aromatic rings. The molecule has 2 aromatic heterocycles. The zero-order chi connectivity index (χ0) is 16.3. The van der Waals surface area contributed by atoms with Crippen LogP contribution in [0.2, 0.25) is 0 Å². The van der Waals surface area contributed by atoms with Crippen molar-refractivity contribution < 1.29 is 9.47 Å². The Hall–Kier alpha value is -2.38. The maximum atomic E-state index is 12.8. The molecular weight excluding hydrogens is 392 g/mol. The molecular formula is C17H9BrN2O3S. The summed E-state index contributed by atoms with van der Waals surface area (Å²) >= 11 is 4.90. The van der Waals surface area contributed by atoms with E-state index in [-0.39, 0.29) is 12.4 Å². The maximum absolute atomic E-state index is 12.8. The van der Waals surface area contributed by atoms with Crippen LogP contribution in [-0.4, -0.2) is 16.2 Å². The van der Waals surface area contributed by atoms with Crippen LogP contribution < -0.4 is 19.6 Å². The third-order valence-corrected chi connectivity index (χ3v) is 5.58. The molecule has 1 aliphatic rings. The van der Waals surface area contributed by atoms with Gasteiger partial charge in [0.05, 0.1) is 15.6 Å². The minimum absolute atomic E-state index is 0.0618. The van der Waals surface area contributed by atoms with E-state index in [2.05, 4.69) is 20.9 Å². The van der Waals surface area contributed by atoms with E-state index in [1.807, 2.05) is 42.5 Å². The summed E-state index contributed by atoms with van der Waals surface area (Å²) in [6, 6.07) is 11.4. The first kappa shape index (κ1) is 14.0. The molecule has 0 atom stereocenters. The molecule has 1 aliphatic heterocycles. The number of fused-ring (bicyclic) bond motifs is 4. The van der Waals surface area contributed by atoms with Crippen molar-refractivity contribution in [3.8, 4) is 11.5 Å². The average Bonchev–Trinajstić information content (AvgIpc) is 3.23. The fourth-order valence-corrected chi connectivity index (χ4v) is 4.21. The SMILES string of the molecule is O=c1/c(=C/c2cc3c(cc2Br)OCO3)sc2nc3ccccc3n12. The van der Waals surface area contributed by atoms with Gasteiger partial charge in [-0.05, 0) is 35.9 Å². The maximum Gasteiger partial charge on any atom is 0.274 e. The second kappa shape index (κ2) is 5.06. The first-order chi connectivity index (χ1) is 11.7. The predicted molar refractivity (Wildman–Crippen MR) is 95.9 cm³/mol. The van der Waals surface area contributed by atoms with Gasteiger partial charge >= 0.3 is 0 Å². The lowest BCUT2D eigenvalue weighted by Crippen LogP contribution is -2.22. The van der Waals surface area contributed by atoms with Gasteiger partial charge in [0.25, 0.3) is 5.56 Å². The zero-order valence-corrected chi connectivity index (χ0v) is 14.6. The van der Waals surface area contributed by atoms with E-state index in [1.165, 1.54) is 11.3 Å². The first-order valence-corrected chi connectivity index (χ1v) is 8.82. The number of benzene rings is 2. The Balaban J connectivity index is 1.76. The number of nitrogens with zero attached hydrogens (tertiary/aromatic N) is 2. The highest BCUT2D eigenvalue weighted by Gasteiger charge is 2.16. The lowest BCUT2D eigenvalue weighted by Gasteiger charge is -2.00. The van der Waals surface area contributed by atoms with Crippen molar-refractivity contribution in [2.45, 2.75) is 0 Å². The van der Waals surface area contributed by atoms with E-state index in [0.29, 0.717) is 21.0 Å². The van der Waals surface area contributed by atoms with Gasteiger partial charge in [-0.25, -0.2) is 9.38 Å². The molecule has 0 unspecified atom stereocenters. The van der Waals surface area contributed by atoms with Gasteiger partial charge in [-0.3, -0.25) is 4.79 Å². The molecule has 118 valence electrons. The Morgan fingerprint density at radius 3 is 2.88 bits per heavy atom. The highest BCUT2D eigenvalue weighted by atomic mass is 79.9. The number of rotatable bonds is 1. The normalized spacial score (nSPS) is 14.1. The van der Waals surface area contributed by atoms with Gasteiger partial charge < -0.3 is 9.47 Å². The Morgan fingerprint density at radius 1 is 1.21 bits per heavy atom. The minimum atomic E-state index is -0.0618. The standard InChI is InChI=1S/C17H9BrN2O3S/c18-10-7-14-13(22-8-23-14)5-9(10)6-15-16(21)20-12-4-2-1-3-11(12)19-17(20)24-15/h1-7H,8H2/b15-6-. The summed E-state index contributed by atoms with van der Waals surface area (Å²) in [6.07, 6.45) is 1.85. The molecule has 0 bridgehead atoms. The summed E-state index contributed by atoms with van der Waals surface area (Å²) in [5, 5.41) is 0. The van der Waals surface area contributed by atoms with E-state index < -0.39 is 0 Å². The molecule has 3 heterocycles. The van der Waals surface area contributed by atoms with E-state index in [9.17, 15) is 4.79 Å². The van der Waals surface area contributed by atoms with Crippen molar-refractivity contribution in [1.29, 1.82) is 0 Å². The molecule has 0 saturated heterocycles. The van der Waals surface area contributed by atoms with Crippen LogP contribution in [0.15, 0.2) is 45.7 Å². The van der Waals surface area contributed by atoms with Crippen LogP contribution >= 0.6 is 27.3 Å². The van der Waals surface area contributed by atoms with Crippen LogP contribution in [0.3, 0.4) is 0 Å². The fraction of sp³-hybridized carbons (Fsp3) is 0.0588. The highest BCUT2D eigenvalue weighted by Crippen LogP contribution is 2.37. The Labute approximate surface area is 147 Å². The monoisotopic (exact) mass is 400 g/mol. The largest absolute Gasteiger partial charge is 0.454 e. The molecule has 0 aliphatic carbocycles. The second-order valence-electron chi connectivity index (χ2n) is 5.36. The first-order valence-electron chi connectivity index (χ1n) is 7.21. The van der Waals surface area contributed by atoms with Crippen molar-refractivity contribution in [2.75, 3.05) is 6.79 Å². The van der Waals surface area contributed by atoms with E-state index >= 15 is 0 Å². The van der Waals surface area contributed by atoms with Crippen molar-refractivity contribution in [3.05, 3.63) is 61.3 Å². The van der Waals surface area contributed by atoms with Gasteiger partial charge in [-0.1, -0.05) is 39.4 Å². The number of halogens is 1. The van der Waals surface area contributed by atoms with Crippen LogP contribution in [0.4, 0.5) is 0 Å². The summed E-state index contributed by atoms with van der Waals surface area (Å²) in [5.74, 6) is 1.39. The van der Waals surface area contributed by atoms with E-state index in [0.717, 1.165) is 21.1 Å². The third-order valence-electron chi connectivity index (χ3n) is 3.92. The number of hydrogen-bond acceptors (Lipinski definition) is 5. The summed E-state index contributed by atoms with van der Waals surface area (Å²) < 4.78 is 13.9. The van der Waals surface area contributed by atoms with Crippen LogP contribution in [0.25, 0.3) is 22.1 Å². The predicted octanol–water partition coefficient (Wildman–Crippen LogP) is 2.95. The molecule has 0 N–H and O–H groups in total. The zero-order valence-electron chi connectivity index (χ0n) is 12.2. The summed E-state index contributed by atoms with van der Waals surface area (Å²) in [4.78, 5) is 18.0. The van der Waals surface area contributed by atoms with Crippen LogP contribution in [0, 0.1) is 0 Å². The molecule has 0 spiro atoms. The number of aromatic nitrogens is 2. The third kappa shape index (κ3) is 1.98. The van der Waals surface area contributed by atoms with Crippen molar-refractivity contribution in [1.82, 2.24) is 9.38 Å². The van der Waals surface area contributed by atoms with Gasteiger partial charge in [-0.2, -0.15) is 0 Å². The fourth-order valence-electron chi connectivity index (χ4n) is 2.80. The summed E-state index contributed by atoms with van der Waals surface area (Å²) in [7, 11) is 0. The molecule has 24 heavy (non-hydrogen) atoms. The Morgan fingerprint density at radius 2 is 2.00 bits per heavy atom. The second-order valence-corrected chi connectivity index (χ2v) is 7.22. The number of hydrogen-bond donors (Lipinski definition) is 0. The Kier molecular flexibility index (Phi) is 2.95. The Bertz CT molecular complexity index is 1230. The molecule has 2 aromatic carbocycles. The van der Waals surface area contributed by atoms with Crippen LogP contribution in [0.1, 0.15) is 5.56 Å². The lowest BCUT2D eigenvalue weighted by molar-refractivity contribution is 0.174. The molecule has 0 radical (unpaired) electrons. The van der Waals surface area contributed by atoms with Crippen LogP contribution in [-0.2, 0) is 0 Å². The van der Waals surface area contributed by atoms with Gasteiger partial charge in [0, 0.05) is 4.47 Å². The van der Waals surface area contributed by atoms with Crippen LogP contribution in [0.5, 0.6) is 11.5 Å². The van der Waals surface area contributed by atoms with Gasteiger partial charge in [0.2, 0.25) is 6.79 Å². The number of ether oxygens (including phenoxy) is 2. The molecule has 5 rings (SSSR count). The molecule has 0 amide bonds. The number of para-hydroxylation sites is 2. The molecule has 7 heteroatoms. The number of imidazole rings is 1. The molecule has 0 saturated carbocycles. The van der Waals surface area contributed by atoms with Crippen molar-refractivity contribution in [3.63, 3.8) is 0 Å². The summed E-state index contributed by atoms with van der Waals surface area (Å²) in [5.41, 5.74) is 2.47. The highest BCUT2D eigenvalue weighted by molar-refractivity contribution is 9.10. The smallest absolute Gasteiger partial charge is 0.274 e. The minimum Gasteiger partial charge on any atom is -0.454 e. The van der Waals surface area contributed by atoms with Gasteiger partial charge in [0.15, 0.2) is 16.5 Å². The van der Waals surface area contributed by atoms with Gasteiger partial charge in [-0.15, -0.1) is 0 Å². The van der Waals surface area contributed by atoms with E-state index in [1.54, 1.807) is 4.40 Å². The lowest BCUT2D eigenvalue weighted by atomic mass is 10.2. The van der Waals surface area contributed by atoms with Crippen molar-refractivity contribution >= 4 is 49.3 Å². The number of thiazole rings is 1. The quantitative estimate of drug-likeness (QED) is 0.492. The van der Waals surface area contributed by atoms with Crippen molar-refractivity contribution in [2.24, 2.45) is 0 Å². The summed E-state index contributed by atoms with van der Waals surface area (Å²) in [6.45, 7) is 0.219.